The normalized spacial score (nSPS) is 27.0. The van der Waals surface area contributed by atoms with Gasteiger partial charge in [0.1, 0.15) is 0 Å². The van der Waals surface area contributed by atoms with Gasteiger partial charge in [-0.1, -0.05) is 0 Å². The van der Waals surface area contributed by atoms with Crippen LogP contribution < -0.4 is 4.90 Å². The molecule has 1 aliphatic carbocycles. The number of fused-ring (bicyclic) bond motifs is 1. The van der Waals surface area contributed by atoms with E-state index in [0.29, 0.717) is 11.8 Å². The van der Waals surface area contributed by atoms with Gasteiger partial charge in [-0.25, -0.2) is 4.52 Å². The van der Waals surface area contributed by atoms with Crippen molar-refractivity contribution in [3.63, 3.8) is 0 Å². The standard InChI is InChI=1S/C18H21N5O/c1-21-10-14(9-20-21)13-8-17-16(4-6-19-23(17)11-13)22-7-5-15(18(22)24)12-2-3-12/h4,6,8-9,11-12,14-15H,2-3,5,7,10H2,1H3. The van der Waals surface area contributed by atoms with E-state index < -0.39 is 0 Å². The van der Waals surface area contributed by atoms with Gasteiger partial charge in [-0.05, 0) is 42.9 Å². The first-order chi connectivity index (χ1) is 11.7. The van der Waals surface area contributed by atoms with Gasteiger partial charge in [0.2, 0.25) is 5.91 Å². The number of anilines is 1. The fourth-order valence-corrected chi connectivity index (χ4v) is 4.09. The summed E-state index contributed by atoms with van der Waals surface area (Å²) in [4.78, 5) is 14.8. The Balaban J connectivity index is 1.51. The molecular formula is C18H21N5O. The molecule has 0 radical (unpaired) electrons. The lowest BCUT2D eigenvalue weighted by Gasteiger charge is -2.17. The first kappa shape index (κ1) is 14.0. The van der Waals surface area contributed by atoms with Crippen molar-refractivity contribution in [2.75, 3.05) is 25.0 Å². The molecule has 1 saturated heterocycles. The molecule has 3 aliphatic rings. The zero-order chi connectivity index (χ0) is 16.3. The van der Waals surface area contributed by atoms with E-state index in [2.05, 4.69) is 22.5 Å². The Morgan fingerprint density at radius 1 is 1.25 bits per heavy atom. The number of hydrazone groups is 1. The highest BCUT2D eigenvalue weighted by molar-refractivity contribution is 6.01. The van der Waals surface area contributed by atoms with Crippen molar-refractivity contribution in [2.45, 2.75) is 25.2 Å². The minimum atomic E-state index is 0.239. The Kier molecular flexibility index (Phi) is 2.96. The highest BCUT2D eigenvalue weighted by atomic mass is 16.2. The molecule has 0 N–H and O–H groups in total. The van der Waals surface area contributed by atoms with Gasteiger partial charge in [-0.2, -0.15) is 10.2 Å². The van der Waals surface area contributed by atoms with E-state index >= 15 is 0 Å². The van der Waals surface area contributed by atoms with Gasteiger partial charge in [0, 0.05) is 50.6 Å². The molecule has 2 unspecified atom stereocenters. The minimum absolute atomic E-state index is 0.239. The summed E-state index contributed by atoms with van der Waals surface area (Å²) in [5, 5.41) is 10.7. The summed E-state index contributed by atoms with van der Waals surface area (Å²) in [6.07, 6.45) is 9.27. The molecule has 5 rings (SSSR count). The van der Waals surface area contributed by atoms with Crippen LogP contribution in [0.4, 0.5) is 5.69 Å². The quantitative estimate of drug-likeness (QED) is 0.869. The van der Waals surface area contributed by atoms with E-state index in [4.69, 9.17) is 0 Å². The Hall–Kier alpha value is -2.37. The zero-order valence-corrected chi connectivity index (χ0v) is 13.8. The van der Waals surface area contributed by atoms with Crippen LogP contribution in [-0.4, -0.2) is 46.9 Å². The molecule has 6 heteroatoms. The van der Waals surface area contributed by atoms with Crippen LogP contribution in [0.5, 0.6) is 0 Å². The lowest BCUT2D eigenvalue weighted by molar-refractivity contribution is -0.120. The number of likely N-dealkylation sites (N-methyl/N-ethyl adjacent to an activating group) is 1. The second kappa shape index (κ2) is 5.06. The van der Waals surface area contributed by atoms with Crippen molar-refractivity contribution in [2.24, 2.45) is 16.9 Å². The van der Waals surface area contributed by atoms with E-state index in [1.165, 1.54) is 18.4 Å². The van der Waals surface area contributed by atoms with Gasteiger partial charge < -0.3 is 4.90 Å². The third kappa shape index (κ3) is 2.12. The second-order valence-electron chi connectivity index (χ2n) is 7.25. The Morgan fingerprint density at radius 3 is 2.88 bits per heavy atom. The molecule has 1 saturated carbocycles. The molecule has 6 nitrogen and oxygen atoms in total. The molecule has 24 heavy (non-hydrogen) atoms. The molecule has 2 aromatic heterocycles. The maximum Gasteiger partial charge on any atom is 0.230 e. The van der Waals surface area contributed by atoms with Crippen LogP contribution in [0.2, 0.25) is 0 Å². The summed E-state index contributed by atoms with van der Waals surface area (Å²) in [7, 11) is 1.98. The van der Waals surface area contributed by atoms with Crippen LogP contribution >= 0.6 is 0 Å². The summed E-state index contributed by atoms with van der Waals surface area (Å²) >= 11 is 0. The van der Waals surface area contributed by atoms with Crippen molar-refractivity contribution in [1.29, 1.82) is 0 Å². The molecule has 124 valence electrons. The highest BCUT2D eigenvalue weighted by Crippen LogP contribution is 2.43. The van der Waals surface area contributed by atoms with E-state index in [-0.39, 0.29) is 11.8 Å². The van der Waals surface area contributed by atoms with Crippen LogP contribution in [0.15, 0.2) is 29.6 Å². The third-order valence-corrected chi connectivity index (χ3v) is 5.57. The maximum atomic E-state index is 12.8. The first-order valence-corrected chi connectivity index (χ1v) is 8.74. The second-order valence-corrected chi connectivity index (χ2v) is 7.25. The number of aromatic nitrogens is 2. The molecule has 0 bridgehead atoms. The molecule has 2 atom stereocenters. The molecule has 4 heterocycles. The number of amides is 1. The van der Waals surface area contributed by atoms with Gasteiger partial charge in [0.05, 0.1) is 11.2 Å². The Morgan fingerprint density at radius 2 is 2.12 bits per heavy atom. The number of carbonyl (C=O) groups is 1. The lowest BCUT2D eigenvalue weighted by atomic mass is 10.0. The molecule has 2 fully saturated rings. The van der Waals surface area contributed by atoms with Gasteiger partial charge in [0.15, 0.2) is 0 Å². The third-order valence-electron chi connectivity index (χ3n) is 5.57. The molecule has 0 spiro atoms. The number of nitrogens with zero attached hydrogens (tertiary/aromatic N) is 5. The van der Waals surface area contributed by atoms with Crippen LogP contribution in [0.25, 0.3) is 5.52 Å². The zero-order valence-electron chi connectivity index (χ0n) is 13.8. The highest BCUT2D eigenvalue weighted by Gasteiger charge is 2.43. The first-order valence-electron chi connectivity index (χ1n) is 8.74. The number of hydrogen-bond acceptors (Lipinski definition) is 4. The van der Waals surface area contributed by atoms with E-state index in [1.54, 1.807) is 6.20 Å². The van der Waals surface area contributed by atoms with Crippen molar-refractivity contribution in [3.05, 3.63) is 30.1 Å². The molecule has 2 aromatic rings. The summed E-state index contributed by atoms with van der Waals surface area (Å²) in [6.45, 7) is 1.71. The number of rotatable bonds is 3. The maximum absolute atomic E-state index is 12.8. The van der Waals surface area contributed by atoms with Gasteiger partial charge in [-0.15, -0.1) is 0 Å². The van der Waals surface area contributed by atoms with Gasteiger partial charge in [0.25, 0.3) is 0 Å². The Labute approximate surface area is 140 Å². The monoisotopic (exact) mass is 323 g/mol. The van der Waals surface area contributed by atoms with Crippen LogP contribution in [0, 0.1) is 11.8 Å². The number of hydrogen-bond donors (Lipinski definition) is 0. The molecule has 0 aromatic carbocycles. The van der Waals surface area contributed by atoms with Gasteiger partial charge in [-0.3, -0.25) is 9.80 Å². The summed E-state index contributed by atoms with van der Waals surface area (Å²) in [5.74, 6) is 1.46. The molecule has 1 amide bonds. The van der Waals surface area contributed by atoms with Crippen molar-refractivity contribution in [3.8, 4) is 0 Å². The van der Waals surface area contributed by atoms with Crippen LogP contribution in [0.3, 0.4) is 0 Å². The Bertz CT molecular complexity index is 837. The smallest absolute Gasteiger partial charge is 0.230 e. The fourth-order valence-electron chi connectivity index (χ4n) is 4.09. The summed E-state index contributed by atoms with van der Waals surface area (Å²) in [5.41, 5.74) is 3.21. The number of carbonyl (C=O) groups excluding carboxylic acids is 1. The van der Waals surface area contributed by atoms with Crippen LogP contribution in [-0.2, 0) is 4.79 Å². The largest absolute Gasteiger partial charge is 0.310 e. The predicted molar refractivity (Wildman–Crippen MR) is 92.2 cm³/mol. The topological polar surface area (TPSA) is 53.2 Å². The van der Waals surface area contributed by atoms with Crippen molar-refractivity contribution in [1.82, 2.24) is 14.6 Å². The summed E-state index contributed by atoms with van der Waals surface area (Å²) < 4.78 is 1.90. The molecular weight excluding hydrogens is 302 g/mol. The van der Waals surface area contributed by atoms with E-state index in [0.717, 1.165) is 30.7 Å². The lowest BCUT2D eigenvalue weighted by Crippen LogP contribution is -2.28. The van der Waals surface area contributed by atoms with Crippen LogP contribution in [0.1, 0.15) is 30.7 Å². The summed E-state index contributed by atoms with van der Waals surface area (Å²) in [6, 6.07) is 4.14. The van der Waals surface area contributed by atoms with Crippen molar-refractivity contribution >= 4 is 23.3 Å². The van der Waals surface area contributed by atoms with Gasteiger partial charge >= 0.3 is 0 Å². The average Bonchev–Trinajstić information content (AvgIpc) is 3.00. The van der Waals surface area contributed by atoms with Crippen molar-refractivity contribution < 1.29 is 4.79 Å². The fraction of sp³-hybridized carbons (Fsp3) is 0.500. The predicted octanol–water partition coefficient (Wildman–Crippen LogP) is 2.11. The minimum Gasteiger partial charge on any atom is -0.310 e. The van der Waals surface area contributed by atoms with E-state index in [1.807, 2.05) is 33.8 Å². The SMILES string of the molecule is CN1CC(c2cc3c(N4CCC(C5CC5)C4=O)ccnn3c2)C=N1. The molecule has 2 aliphatic heterocycles. The van der Waals surface area contributed by atoms with E-state index in [9.17, 15) is 4.79 Å². The average molecular weight is 323 g/mol.